The van der Waals surface area contributed by atoms with Gasteiger partial charge in [-0.05, 0) is 48.6 Å². The molecule has 0 saturated heterocycles. The summed E-state index contributed by atoms with van der Waals surface area (Å²) in [5, 5.41) is 3.15. The van der Waals surface area contributed by atoms with Crippen LogP contribution in [0.1, 0.15) is 64.0 Å². The van der Waals surface area contributed by atoms with Gasteiger partial charge in [-0.1, -0.05) is 70.1 Å². The molecule has 2 aliphatic heterocycles. The molecule has 33 heavy (non-hydrogen) atoms. The molecule has 2 amide bonds. The molecule has 0 spiro atoms. The van der Waals surface area contributed by atoms with Crippen LogP contribution in [0.4, 0.5) is 11.4 Å². The lowest BCUT2D eigenvalue weighted by molar-refractivity contribution is -0.124. The Bertz CT molecular complexity index is 1110. The number of para-hydroxylation sites is 1. The first kappa shape index (κ1) is 23.2. The third-order valence-electron chi connectivity index (χ3n) is 5.87. The number of fused-ring (bicyclic) bond motifs is 3. The quantitative estimate of drug-likeness (QED) is 0.572. The Balaban J connectivity index is 1.57. The van der Waals surface area contributed by atoms with Gasteiger partial charge in [-0.25, -0.2) is 9.89 Å². The standard InChI is InChI=1S/C26H30N4O2S/c1-5-9-21-25(32)30-23(28-21)19-10-7-8-11-20(19)29-26(30)33-22(6-2)24(31)27-18-14-12-17(13-15-18)16(3)4/h7-8,10-16,21-22H,5-6,9H2,1-4H3,(H,27,31)/t21-,22-/m0/s1. The van der Waals surface area contributed by atoms with Crippen molar-refractivity contribution in [3.05, 3.63) is 59.7 Å². The number of amides is 2. The van der Waals surface area contributed by atoms with Crippen LogP contribution in [0.3, 0.4) is 0 Å². The fourth-order valence-electron chi connectivity index (χ4n) is 3.97. The predicted molar refractivity (Wildman–Crippen MR) is 136 cm³/mol. The normalized spacial score (nSPS) is 17.9. The SMILES string of the molecule is CCC[C@@H]1N=C2c3ccccc3N=C(S[C@@H](CC)C(=O)Nc3ccc(C(C)C)cc3)N2C1=O. The van der Waals surface area contributed by atoms with Crippen LogP contribution in [0.5, 0.6) is 0 Å². The maximum atomic E-state index is 13.2. The van der Waals surface area contributed by atoms with Crippen LogP contribution in [-0.2, 0) is 9.59 Å². The molecule has 2 aliphatic rings. The molecule has 2 aromatic carbocycles. The van der Waals surface area contributed by atoms with Gasteiger partial charge in [0, 0.05) is 11.3 Å². The van der Waals surface area contributed by atoms with E-state index in [1.807, 2.05) is 62.4 Å². The number of hydrogen-bond acceptors (Lipinski definition) is 5. The van der Waals surface area contributed by atoms with Gasteiger partial charge < -0.3 is 5.32 Å². The van der Waals surface area contributed by atoms with Crippen LogP contribution in [0.2, 0.25) is 0 Å². The van der Waals surface area contributed by atoms with Crippen molar-refractivity contribution in [3.63, 3.8) is 0 Å². The van der Waals surface area contributed by atoms with Gasteiger partial charge >= 0.3 is 0 Å². The van der Waals surface area contributed by atoms with E-state index in [9.17, 15) is 9.59 Å². The molecule has 0 aromatic heterocycles. The van der Waals surface area contributed by atoms with Crippen LogP contribution in [-0.4, -0.2) is 39.0 Å². The van der Waals surface area contributed by atoms with Crippen molar-refractivity contribution >= 4 is 46.0 Å². The lowest BCUT2D eigenvalue weighted by Crippen LogP contribution is -2.42. The molecular weight excluding hydrogens is 432 g/mol. The van der Waals surface area contributed by atoms with Gasteiger partial charge in [-0.15, -0.1) is 0 Å². The highest BCUT2D eigenvalue weighted by molar-refractivity contribution is 8.15. The zero-order chi connectivity index (χ0) is 23.5. The zero-order valence-electron chi connectivity index (χ0n) is 19.5. The van der Waals surface area contributed by atoms with E-state index in [1.165, 1.54) is 17.3 Å². The second kappa shape index (κ2) is 9.91. The Morgan fingerprint density at radius 3 is 2.52 bits per heavy atom. The predicted octanol–water partition coefficient (Wildman–Crippen LogP) is 5.72. The number of anilines is 1. The van der Waals surface area contributed by atoms with Crippen LogP contribution < -0.4 is 5.32 Å². The largest absolute Gasteiger partial charge is 0.325 e. The number of hydrogen-bond donors (Lipinski definition) is 1. The van der Waals surface area contributed by atoms with E-state index >= 15 is 0 Å². The van der Waals surface area contributed by atoms with E-state index in [0.717, 1.165) is 23.4 Å². The summed E-state index contributed by atoms with van der Waals surface area (Å²) in [4.78, 5) is 37.4. The van der Waals surface area contributed by atoms with Crippen molar-refractivity contribution in [3.8, 4) is 0 Å². The fourth-order valence-corrected chi connectivity index (χ4v) is 4.99. The molecular formula is C26H30N4O2S. The maximum absolute atomic E-state index is 13.2. The summed E-state index contributed by atoms with van der Waals surface area (Å²) < 4.78 is 0. The molecule has 172 valence electrons. The summed E-state index contributed by atoms with van der Waals surface area (Å²) in [5.74, 6) is 0.918. The third-order valence-corrected chi connectivity index (χ3v) is 7.18. The molecule has 7 heteroatoms. The zero-order valence-corrected chi connectivity index (χ0v) is 20.4. The molecule has 0 bridgehead atoms. The Kier molecular flexibility index (Phi) is 6.98. The van der Waals surface area contributed by atoms with E-state index in [4.69, 9.17) is 9.98 Å². The lowest BCUT2D eigenvalue weighted by Gasteiger charge is -2.27. The number of aliphatic imine (C=N–C) groups is 2. The number of nitrogens with zero attached hydrogens (tertiary/aromatic N) is 3. The van der Waals surface area contributed by atoms with Crippen LogP contribution in [0.15, 0.2) is 58.5 Å². The molecule has 0 saturated carbocycles. The van der Waals surface area contributed by atoms with Crippen LogP contribution in [0.25, 0.3) is 0 Å². The number of thioether (sulfide) groups is 1. The third kappa shape index (κ3) is 4.74. The highest BCUT2D eigenvalue weighted by Crippen LogP contribution is 2.36. The van der Waals surface area contributed by atoms with Crippen LogP contribution >= 0.6 is 11.8 Å². The number of rotatable bonds is 7. The number of amidine groups is 2. The van der Waals surface area contributed by atoms with Crippen LogP contribution in [0, 0.1) is 0 Å². The van der Waals surface area contributed by atoms with E-state index < -0.39 is 11.3 Å². The molecule has 2 aromatic rings. The molecule has 6 nitrogen and oxygen atoms in total. The number of carbonyl (C=O) groups excluding carboxylic acids is 2. The monoisotopic (exact) mass is 462 g/mol. The molecule has 2 heterocycles. The fraction of sp³-hybridized carbons (Fsp3) is 0.385. The van der Waals surface area contributed by atoms with Crippen molar-refractivity contribution in [1.29, 1.82) is 0 Å². The van der Waals surface area contributed by atoms with Gasteiger partial charge in [0.25, 0.3) is 5.91 Å². The lowest BCUT2D eigenvalue weighted by atomic mass is 10.0. The number of benzene rings is 2. The van der Waals surface area contributed by atoms with Gasteiger partial charge in [-0.2, -0.15) is 0 Å². The average Bonchev–Trinajstić information content (AvgIpc) is 3.14. The number of carbonyl (C=O) groups is 2. The van der Waals surface area contributed by atoms with E-state index in [-0.39, 0.29) is 11.8 Å². The average molecular weight is 463 g/mol. The Labute approximate surface area is 199 Å². The minimum absolute atomic E-state index is 0.0628. The Hall–Kier alpha value is -2.93. The minimum atomic E-state index is -0.393. The molecule has 2 atom stereocenters. The summed E-state index contributed by atoms with van der Waals surface area (Å²) in [6.07, 6.45) is 2.18. The number of nitrogens with one attached hydrogen (secondary N) is 1. The Morgan fingerprint density at radius 1 is 1.12 bits per heavy atom. The van der Waals surface area contributed by atoms with E-state index in [0.29, 0.717) is 29.8 Å². The van der Waals surface area contributed by atoms with Crippen molar-refractivity contribution < 1.29 is 9.59 Å². The second-order valence-electron chi connectivity index (χ2n) is 8.62. The highest BCUT2D eigenvalue weighted by atomic mass is 32.2. The smallest absolute Gasteiger partial charge is 0.259 e. The Morgan fingerprint density at radius 2 is 1.85 bits per heavy atom. The summed E-state index contributed by atoms with van der Waals surface area (Å²) in [5.41, 5.74) is 3.63. The maximum Gasteiger partial charge on any atom is 0.259 e. The minimum Gasteiger partial charge on any atom is -0.325 e. The summed E-state index contributed by atoms with van der Waals surface area (Å²) in [6, 6.07) is 15.3. The van der Waals surface area contributed by atoms with Gasteiger partial charge in [0.2, 0.25) is 5.91 Å². The molecule has 0 unspecified atom stereocenters. The topological polar surface area (TPSA) is 74.1 Å². The molecule has 4 rings (SSSR count). The van der Waals surface area contributed by atoms with Crippen molar-refractivity contribution in [2.75, 3.05) is 5.32 Å². The van der Waals surface area contributed by atoms with Gasteiger partial charge in [-0.3, -0.25) is 14.6 Å². The van der Waals surface area contributed by atoms with Gasteiger partial charge in [0.05, 0.1) is 10.9 Å². The summed E-state index contributed by atoms with van der Waals surface area (Å²) >= 11 is 1.33. The first-order valence-corrected chi connectivity index (χ1v) is 12.5. The second-order valence-corrected chi connectivity index (χ2v) is 9.79. The molecule has 1 N–H and O–H groups in total. The molecule has 0 radical (unpaired) electrons. The van der Waals surface area contributed by atoms with Gasteiger partial charge in [0.1, 0.15) is 11.9 Å². The molecule has 0 aliphatic carbocycles. The summed E-state index contributed by atoms with van der Waals surface area (Å²) in [7, 11) is 0. The van der Waals surface area contributed by atoms with Crippen molar-refractivity contribution in [2.45, 2.75) is 64.2 Å². The first-order valence-electron chi connectivity index (χ1n) is 11.6. The van der Waals surface area contributed by atoms with Crippen molar-refractivity contribution in [2.24, 2.45) is 9.98 Å². The molecule has 0 fully saturated rings. The van der Waals surface area contributed by atoms with E-state index in [1.54, 1.807) is 4.90 Å². The van der Waals surface area contributed by atoms with Crippen molar-refractivity contribution in [1.82, 2.24) is 4.90 Å². The highest BCUT2D eigenvalue weighted by Gasteiger charge is 2.42. The first-order chi connectivity index (χ1) is 15.9. The van der Waals surface area contributed by atoms with E-state index in [2.05, 4.69) is 19.2 Å². The summed E-state index contributed by atoms with van der Waals surface area (Å²) in [6.45, 7) is 8.30. The van der Waals surface area contributed by atoms with Gasteiger partial charge in [0.15, 0.2) is 5.17 Å².